The summed E-state index contributed by atoms with van der Waals surface area (Å²) in [5.74, 6) is 0.893. The van der Waals surface area contributed by atoms with Crippen LogP contribution < -0.4 is 10.5 Å². The predicted octanol–water partition coefficient (Wildman–Crippen LogP) is 1.89. The third-order valence-corrected chi connectivity index (χ3v) is 2.93. The van der Waals surface area contributed by atoms with Gasteiger partial charge in [0, 0.05) is 6.54 Å². The summed E-state index contributed by atoms with van der Waals surface area (Å²) in [4.78, 5) is 0. The largest absolute Gasteiger partial charge is 0.494 e. The van der Waals surface area contributed by atoms with Gasteiger partial charge in [0.1, 0.15) is 11.4 Å². The quantitative estimate of drug-likeness (QED) is 0.801. The molecule has 1 aromatic carbocycles. The lowest BCUT2D eigenvalue weighted by Gasteiger charge is -2.31. The lowest BCUT2D eigenvalue weighted by atomic mass is 9.83. The topological polar surface area (TPSA) is 55.5 Å². The highest BCUT2D eigenvalue weighted by Gasteiger charge is 2.31. The minimum Gasteiger partial charge on any atom is -0.494 e. The Labute approximate surface area is 97.2 Å². The van der Waals surface area contributed by atoms with Gasteiger partial charge in [-0.2, -0.15) is 0 Å². The average Bonchev–Trinajstić information content (AvgIpc) is 2.29. The molecule has 0 aliphatic rings. The van der Waals surface area contributed by atoms with E-state index in [0.29, 0.717) is 6.61 Å². The number of hydrogen-bond acceptors (Lipinski definition) is 3. The molecule has 90 valence electrons. The fourth-order valence-corrected chi connectivity index (χ4v) is 1.69. The molecule has 3 heteroatoms. The van der Waals surface area contributed by atoms with Gasteiger partial charge in [0.2, 0.25) is 0 Å². The van der Waals surface area contributed by atoms with E-state index < -0.39 is 5.60 Å². The molecule has 16 heavy (non-hydrogen) atoms. The van der Waals surface area contributed by atoms with Crippen LogP contribution in [0, 0.1) is 5.92 Å². The van der Waals surface area contributed by atoms with Gasteiger partial charge in [-0.25, -0.2) is 0 Å². The highest BCUT2D eigenvalue weighted by Crippen LogP contribution is 2.29. The molecule has 0 amide bonds. The number of benzene rings is 1. The molecule has 0 aliphatic carbocycles. The summed E-state index contributed by atoms with van der Waals surface area (Å²) < 4.78 is 5.35. The van der Waals surface area contributed by atoms with Crippen LogP contribution in [0.5, 0.6) is 5.75 Å². The zero-order chi connectivity index (χ0) is 12.2. The van der Waals surface area contributed by atoms with Crippen molar-refractivity contribution in [2.24, 2.45) is 11.7 Å². The van der Waals surface area contributed by atoms with Crippen LogP contribution >= 0.6 is 0 Å². The first kappa shape index (κ1) is 13.0. The van der Waals surface area contributed by atoms with E-state index in [1.807, 2.05) is 45.0 Å². The number of hydrogen-bond donors (Lipinski definition) is 2. The van der Waals surface area contributed by atoms with Crippen molar-refractivity contribution in [3.05, 3.63) is 29.8 Å². The average molecular weight is 223 g/mol. The molecular weight excluding hydrogens is 202 g/mol. The van der Waals surface area contributed by atoms with Gasteiger partial charge in [-0.05, 0) is 30.5 Å². The lowest BCUT2D eigenvalue weighted by Crippen LogP contribution is -2.39. The molecular formula is C13H21NO2. The maximum absolute atomic E-state index is 10.4. The van der Waals surface area contributed by atoms with Gasteiger partial charge < -0.3 is 15.6 Å². The summed E-state index contributed by atoms with van der Waals surface area (Å²) in [7, 11) is 0. The normalized spacial score (nSPS) is 14.9. The standard InChI is InChI=1S/C13H21NO2/c1-4-16-12-7-5-11(6-8-12)13(15,9-14)10(2)3/h5-8,10,15H,4,9,14H2,1-3H3. The third kappa shape index (κ3) is 2.54. The molecule has 0 fully saturated rings. The van der Waals surface area contributed by atoms with Crippen molar-refractivity contribution in [2.45, 2.75) is 26.4 Å². The summed E-state index contributed by atoms with van der Waals surface area (Å²) in [5.41, 5.74) is 5.54. The second-order valence-electron chi connectivity index (χ2n) is 4.24. The molecule has 1 atom stereocenters. The fourth-order valence-electron chi connectivity index (χ4n) is 1.69. The summed E-state index contributed by atoms with van der Waals surface area (Å²) in [5, 5.41) is 10.4. The van der Waals surface area contributed by atoms with Crippen LogP contribution in [0.15, 0.2) is 24.3 Å². The lowest BCUT2D eigenvalue weighted by molar-refractivity contribution is -0.00117. The predicted molar refractivity (Wildman–Crippen MR) is 65.4 cm³/mol. The molecule has 0 aromatic heterocycles. The van der Waals surface area contributed by atoms with Crippen LogP contribution in [0.4, 0.5) is 0 Å². The number of aliphatic hydroxyl groups is 1. The molecule has 0 saturated carbocycles. The second kappa shape index (κ2) is 5.32. The third-order valence-electron chi connectivity index (χ3n) is 2.93. The Morgan fingerprint density at radius 2 is 1.88 bits per heavy atom. The van der Waals surface area contributed by atoms with E-state index in [0.717, 1.165) is 11.3 Å². The summed E-state index contributed by atoms with van der Waals surface area (Å²) in [6.45, 7) is 6.73. The molecule has 0 bridgehead atoms. The van der Waals surface area contributed by atoms with Crippen molar-refractivity contribution in [2.75, 3.05) is 13.2 Å². The number of nitrogens with two attached hydrogens (primary N) is 1. The van der Waals surface area contributed by atoms with Crippen LogP contribution in [-0.4, -0.2) is 18.3 Å². The van der Waals surface area contributed by atoms with Gasteiger partial charge in [0.05, 0.1) is 6.61 Å². The highest BCUT2D eigenvalue weighted by molar-refractivity contribution is 5.31. The van der Waals surface area contributed by atoms with Gasteiger partial charge in [0.15, 0.2) is 0 Å². The first-order chi connectivity index (χ1) is 7.54. The first-order valence-electron chi connectivity index (χ1n) is 5.70. The van der Waals surface area contributed by atoms with E-state index in [1.165, 1.54) is 0 Å². The Balaban J connectivity index is 2.95. The Bertz CT molecular complexity index is 321. The Hall–Kier alpha value is -1.06. The van der Waals surface area contributed by atoms with E-state index in [1.54, 1.807) is 0 Å². The van der Waals surface area contributed by atoms with Crippen LogP contribution in [-0.2, 0) is 5.60 Å². The summed E-state index contributed by atoms with van der Waals surface area (Å²) in [6.07, 6.45) is 0. The molecule has 0 heterocycles. The SMILES string of the molecule is CCOc1ccc(C(O)(CN)C(C)C)cc1. The van der Waals surface area contributed by atoms with Crippen molar-refractivity contribution in [3.8, 4) is 5.75 Å². The van der Waals surface area contributed by atoms with Gasteiger partial charge >= 0.3 is 0 Å². The van der Waals surface area contributed by atoms with E-state index in [4.69, 9.17) is 10.5 Å². The molecule has 3 N–H and O–H groups in total. The van der Waals surface area contributed by atoms with Crippen LogP contribution in [0.1, 0.15) is 26.3 Å². The number of ether oxygens (including phenoxy) is 1. The van der Waals surface area contributed by atoms with Crippen molar-refractivity contribution < 1.29 is 9.84 Å². The van der Waals surface area contributed by atoms with Crippen molar-refractivity contribution in [1.29, 1.82) is 0 Å². The smallest absolute Gasteiger partial charge is 0.119 e. The van der Waals surface area contributed by atoms with Crippen LogP contribution in [0.3, 0.4) is 0 Å². The monoisotopic (exact) mass is 223 g/mol. The highest BCUT2D eigenvalue weighted by atomic mass is 16.5. The van der Waals surface area contributed by atoms with Gasteiger partial charge in [-0.1, -0.05) is 26.0 Å². The Kier molecular flexibility index (Phi) is 4.33. The van der Waals surface area contributed by atoms with Crippen molar-refractivity contribution >= 4 is 0 Å². The van der Waals surface area contributed by atoms with Gasteiger partial charge in [-0.15, -0.1) is 0 Å². The van der Waals surface area contributed by atoms with Gasteiger partial charge in [0.25, 0.3) is 0 Å². The fraction of sp³-hybridized carbons (Fsp3) is 0.538. The van der Waals surface area contributed by atoms with Crippen molar-refractivity contribution in [1.82, 2.24) is 0 Å². The molecule has 1 unspecified atom stereocenters. The van der Waals surface area contributed by atoms with E-state index >= 15 is 0 Å². The second-order valence-corrected chi connectivity index (χ2v) is 4.24. The first-order valence-corrected chi connectivity index (χ1v) is 5.70. The zero-order valence-corrected chi connectivity index (χ0v) is 10.2. The molecule has 0 aliphatic heterocycles. The van der Waals surface area contributed by atoms with Crippen LogP contribution in [0.2, 0.25) is 0 Å². The molecule has 1 aromatic rings. The Morgan fingerprint density at radius 1 is 1.31 bits per heavy atom. The maximum atomic E-state index is 10.4. The van der Waals surface area contributed by atoms with Crippen molar-refractivity contribution in [3.63, 3.8) is 0 Å². The molecule has 0 spiro atoms. The molecule has 0 radical (unpaired) electrons. The number of rotatable bonds is 5. The summed E-state index contributed by atoms with van der Waals surface area (Å²) in [6, 6.07) is 7.47. The molecule has 1 rings (SSSR count). The summed E-state index contributed by atoms with van der Waals surface area (Å²) >= 11 is 0. The molecule has 3 nitrogen and oxygen atoms in total. The molecule has 0 saturated heterocycles. The minimum absolute atomic E-state index is 0.0791. The van der Waals surface area contributed by atoms with Gasteiger partial charge in [-0.3, -0.25) is 0 Å². The van der Waals surface area contributed by atoms with E-state index in [2.05, 4.69) is 0 Å². The van der Waals surface area contributed by atoms with E-state index in [-0.39, 0.29) is 12.5 Å². The van der Waals surface area contributed by atoms with E-state index in [9.17, 15) is 5.11 Å². The minimum atomic E-state index is -0.954. The zero-order valence-electron chi connectivity index (χ0n) is 10.2. The maximum Gasteiger partial charge on any atom is 0.119 e. The Morgan fingerprint density at radius 3 is 2.25 bits per heavy atom. The van der Waals surface area contributed by atoms with Crippen LogP contribution in [0.25, 0.3) is 0 Å².